The number of ether oxygens (including phenoxy) is 1. The second kappa shape index (κ2) is 8.78. The van der Waals surface area contributed by atoms with E-state index < -0.39 is 0 Å². The number of imidazole rings is 1. The van der Waals surface area contributed by atoms with Gasteiger partial charge in [-0.2, -0.15) is 0 Å². The average molecular weight is 403 g/mol. The smallest absolute Gasteiger partial charge is 0.255 e. The Hall–Kier alpha value is -3.67. The van der Waals surface area contributed by atoms with Gasteiger partial charge in [-0.05, 0) is 54.8 Å². The Morgan fingerprint density at radius 2 is 2.00 bits per heavy atom. The maximum Gasteiger partial charge on any atom is 0.255 e. The summed E-state index contributed by atoms with van der Waals surface area (Å²) in [7, 11) is 0. The lowest BCUT2D eigenvalue weighted by molar-refractivity contribution is 0.0949. The molecule has 0 atom stereocenters. The Morgan fingerprint density at radius 1 is 1.13 bits per heavy atom. The summed E-state index contributed by atoms with van der Waals surface area (Å²) in [5.74, 6) is -0.0119. The summed E-state index contributed by atoms with van der Waals surface area (Å²) in [5, 5.41) is 2.87. The van der Waals surface area contributed by atoms with Crippen molar-refractivity contribution < 1.29 is 13.9 Å². The number of carbonyl (C=O) groups is 1. The molecule has 0 unspecified atom stereocenters. The monoisotopic (exact) mass is 403 g/mol. The molecule has 0 saturated carbocycles. The van der Waals surface area contributed by atoms with Crippen molar-refractivity contribution in [1.82, 2.24) is 14.7 Å². The van der Waals surface area contributed by atoms with Gasteiger partial charge in [-0.25, -0.2) is 9.37 Å². The lowest BCUT2D eigenvalue weighted by Crippen LogP contribution is -2.26. The molecule has 0 radical (unpaired) electrons. The summed E-state index contributed by atoms with van der Waals surface area (Å²) >= 11 is 0. The molecular weight excluding hydrogens is 381 g/mol. The van der Waals surface area contributed by atoms with Gasteiger partial charge in [0.2, 0.25) is 0 Å². The average Bonchev–Trinajstić information content (AvgIpc) is 3.17. The summed E-state index contributed by atoms with van der Waals surface area (Å²) in [6, 6.07) is 17.5. The zero-order valence-electron chi connectivity index (χ0n) is 16.6. The van der Waals surface area contributed by atoms with Crippen LogP contribution >= 0.6 is 0 Å². The van der Waals surface area contributed by atoms with E-state index in [1.807, 2.05) is 48.0 Å². The number of pyridine rings is 1. The van der Waals surface area contributed by atoms with Crippen LogP contribution < -0.4 is 10.1 Å². The molecule has 4 aromatic rings. The molecule has 4 rings (SSSR count). The van der Waals surface area contributed by atoms with E-state index in [0.29, 0.717) is 24.3 Å². The summed E-state index contributed by atoms with van der Waals surface area (Å²) in [5.41, 5.74) is 4.05. The van der Waals surface area contributed by atoms with Gasteiger partial charge >= 0.3 is 0 Å². The zero-order valence-corrected chi connectivity index (χ0v) is 16.6. The molecule has 5 nitrogen and oxygen atoms in total. The van der Waals surface area contributed by atoms with Crippen molar-refractivity contribution in [3.05, 3.63) is 101 Å². The molecular formula is C24H22FN3O2. The number of nitrogens with zero attached hydrogens (tertiary/aromatic N) is 2. The van der Waals surface area contributed by atoms with Crippen LogP contribution in [0.25, 0.3) is 5.65 Å². The van der Waals surface area contributed by atoms with Crippen molar-refractivity contribution in [1.29, 1.82) is 0 Å². The Kier molecular flexibility index (Phi) is 5.75. The van der Waals surface area contributed by atoms with Gasteiger partial charge in [0, 0.05) is 18.9 Å². The van der Waals surface area contributed by atoms with Gasteiger partial charge in [-0.15, -0.1) is 0 Å². The number of carbonyl (C=O) groups excluding carboxylic acids is 1. The molecule has 1 amide bonds. The minimum atomic E-state index is -0.278. The highest BCUT2D eigenvalue weighted by Gasteiger charge is 2.13. The number of aromatic nitrogens is 2. The summed E-state index contributed by atoms with van der Waals surface area (Å²) in [6.45, 7) is 2.67. The van der Waals surface area contributed by atoms with Crippen LogP contribution in [0, 0.1) is 12.7 Å². The van der Waals surface area contributed by atoms with E-state index in [0.717, 1.165) is 22.5 Å². The van der Waals surface area contributed by atoms with E-state index >= 15 is 0 Å². The number of hydrogen-bond acceptors (Lipinski definition) is 3. The second-order valence-electron chi connectivity index (χ2n) is 7.07. The third kappa shape index (κ3) is 4.49. The number of benzene rings is 2. The van der Waals surface area contributed by atoms with E-state index in [4.69, 9.17) is 4.74 Å². The first-order valence-corrected chi connectivity index (χ1v) is 9.78. The number of nitrogens with one attached hydrogen (secondary N) is 1. The molecule has 30 heavy (non-hydrogen) atoms. The first-order chi connectivity index (χ1) is 14.6. The van der Waals surface area contributed by atoms with Crippen LogP contribution in [-0.2, 0) is 13.0 Å². The van der Waals surface area contributed by atoms with Crippen LogP contribution in [0.1, 0.15) is 27.2 Å². The van der Waals surface area contributed by atoms with Gasteiger partial charge in [0.25, 0.3) is 5.91 Å². The Bertz CT molecular complexity index is 1190. The molecule has 0 aliphatic carbocycles. The van der Waals surface area contributed by atoms with Crippen molar-refractivity contribution >= 4 is 11.6 Å². The number of hydrogen-bond donors (Lipinski definition) is 1. The van der Waals surface area contributed by atoms with Crippen molar-refractivity contribution in [3.63, 3.8) is 0 Å². The topological polar surface area (TPSA) is 55.6 Å². The molecule has 0 spiro atoms. The predicted octanol–water partition coefficient (Wildman–Crippen LogP) is 4.33. The first-order valence-electron chi connectivity index (χ1n) is 9.78. The van der Waals surface area contributed by atoms with Crippen LogP contribution in [-0.4, -0.2) is 21.8 Å². The summed E-state index contributed by atoms with van der Waals surface area (Å²) < 4.78 is 21.1. The molecule has 0 aliphatic heterocycles. The molecule has 0 saturated heterocycles. The lowest BCUT2D eigenvalue weighted by Gasteiger charge is -2.11. The standard InChI is InChI=1S/C24H22FN3O2/c1-17-6-5-13-28-15-20(27-23(17)28)16-30-22-10-3-2-9-21(22)24(29)26-12-11-18-7-4-8-19(25)14-18/h2-10,13-15H,11-12,16H2,1H3,(H,26,29). The minimum Gasteiger partial charge on any atom is -0.486 e. The van der Waals surface area contributed by atoms with Crippen molar-refractivity contribution in [2.75, 3.05) is 6.54 Å². The summed E-state index contributed by atoms with van der Waals surface area (Å²) in [4.78, 5) is 17.2. The van der Waals surface area contributed by atoms with Crippen molar-refractivity contribution in [3.8, 4) is 5.75 Å². The van der Waals surface area contributed by atoms with Crippen molar-refractivity contribution in [2.24, 2.45) is 0 Å². The molecule has 6 heteroatoms. The number of aryl methyl sites for hydroxylation is 1. The van der Waals surface area contributed by atoms with Crippen LogP contribution in [0.5, 0.6) is 5.75 Å². The highest BCUT2D eigenvalue weighted by molar-refractivity contribution is 5.96. The van der Waals surface area contributed by atoms with Gasteiger partial charge in [0.1, 0.15) is 23.8 Å². The number of amides is 1. The fourth-order valence-electron chi connectivity index (χ4n) is 3.31. The van der Waals surface area contributed by atoms with E-state index in [1.165, 1.54) is 12.1 Å². The molecule has 0 aliphatic rings. The van der Waals surface area contributed by atoms with Gasteiger partial charge in [0.05, 0.1) is 11.3 Å². The number of halogens is 1. The molecule has 2 heterocycles. The number of fused-ring (bicyclic) bond motifs is 1. The zero-order chi connectivity index (χ0) is 20.9. The van der Waals surface area contributed by atoms with Gasteiger partial charge < -0.3 is 14.5 Å². The van der Waals surface area contributed by atoms with Crippen LogP contribution in [0.2, 0.25) is 0 Å². The Morgan fingerprint density at radius 3 is 2.83 bits per heavy atom. The fourth-order valence-corrected chi connectivity index (χ4v) is 3.31. The molecule has 2 aromatic carbocycles. The van der Waals surface area contributed by atoms with Gasteiger partial charge in [-0.1, -0.05) is 30.3 Å². The summed E-state index contributed by atoms with van der Waals surface area (Å²) in [6.07, 6.45) is 4.41. The molecule has 0 bridgehead atoms. The normalized spacial score (nSPS) is 10.9. The molecule has 1 N–H and O–H groups in total. The van der Waals surface area contributed by atoms with Crippen LogP contribution in [0.3, 0.4) is 0 Å². The quantitative estimate of drug-likeness (QED) is 0.500. The highest BCUT2D eigenvalue weighted by Crippen LogP contribution is 2.20. The third-order valence-corrected chi connectivity index (χ3v) is 4.82. The minimum absolute atomic E-state index is 0.229. The SMILES string of the molecule is Cc1cccn2cc(COc3ccccc3C(=O)NCCc3cccc(F)c3)nc12. The van der Waals surface area contributed by atoms with E-state index in [2.05, 4.69) is 10.3 Å². The predicted molar refractivity (Wildman–Crippen MR) is 113 cm³/mol. The number of rotatable bonds is 7. The maximum absolute atomic E-state index is 13.3. The fraction of sp³-hybridized carbons (Fsp3) is 0.167. The van der Waals surface area contributed by atoms with E-state index in [9.17, 15) is 9.18 Å². The highest BCUT2D eigenvalue weighted by atomic mass is 19.1. The largest absolute Gasteiger partial charge is 0.486 e. The molecule has 2 aromatic heterocycles. The van der Waals surface area contributed by atoms with E-state index in [1.54, 1.807) is 24.3 Å². The second-order valence-corrected chi connectivity index (χ2v) is 7.07. The first kappa shape index (κ1) is 19.6. The van der Waals surface area contributed by atoms with Crippen LogP contribution in [0.4, 0.5) is 4.39 Å². The van der Waals surface area contributed by atoms with Crippen LogP contribution in [0.15, 0.2) is 73.1 Å². The Labute approximate surface area is 174 Å². The van der Waals surface area contributed by atoms with E-state index in [-0.39, 0.29) is 18.3 Å². The molecule has 0 fully saturated rings. The lowest BCUT2D eigenvalue weighted by atomic mass is 10.1. The van der Waals surface area contributed by atoms with Gasteiger partial charge in [-0.3, -0.25) is 4.79 Å². The van der Waals surface area contributed by atoms with Crippen molar-refractivity contribution in [2.45, 2.75) is 20.0 Å². The Balaban J connectivity index is 1.40. The maximum atomic E-state index is 13.3. The number of para-hydroxylation sites is 1. The molecule has 152 valence electrons. The van der Waals surface area contributed by atoms with Gasteiger partial charge in [0.15, 0.2) is 0 Å². The third-order valence-electron chi connectivity index (χ3n) is 4.82.